The van der Waals surface area contributed by atoms with Gasteiger partial charge >= 0.3 is 12.4 Å². The highest BCUT2D eigenvalue weighted by atomic mass is 19.4. The Morgan fingerprint density at radius 1 is 0.906 bits per heavy atom. The van der Waals surface area contributed by atoms with E-state index in [1.807, 2.05) is 6.07 Å². The molecule has 2 amide bonds. The van der Waals surface area contributed by atoms with Crippen molar-refractivity contribution in [1.29, 1.82) is 0 Å². The number of benzene rings is 1. The second-order valence-corrected chi connectivity index (χ2v) is 8.31. The summed E-state index contributed by atoms with van der Waals surface area (Å²) in [5, 5.41) is 0. The third kappa shape index (κ3) is 5.75. The van der Waals surface area contributed by atoms with Crippen molar-refractivity contribution >= 4 is 11.8 Å². The smallest absolute Gasteiger partial charge is 0.342 e. The van der Waals surface area contributed by atoms with E-state index in [1.165, 1.54) is 0 Å². The molecule has 174 valence electrons. The zero-order valence-electron chi connectivity index (χ0n) is 17.1. The van der Waals surface area contributed by atoms with E-state index >= 15 is 0 Å². The van der Waals surface area contributed by atoms with Crippen LogP contribution in [0.2, 0.25) is 0 Å². The lowest BCUT2D eigenvalue weighted by atomic mass is 9.78. The van der Waals surface area contributed by atoms with Crippen molar-refractivity contribution in [2.45, 2.75) is 38.0 Å². The molecule has 2 aliphatic heterocycles. The number of rotatable bonds is 2. The third-order valence-corrected chi connectivity index (χ3v) is 6.16. The van der Waals surface area contributed by atoms with E-state index in [9.17, 15) is 35.9 Å². The Hall–Kier alpha value is -2.70. The molecular weight excluding hydrogens is 438 g/mol. The van der Waals surface area contributed by atoms with Crippen molar-refractivity contribution in [3.63, 3.8) is 0 Å². The molecule has 4 nitrogen and oxygen atoms in total. The van der Waals surface area contributed by atoms with Crippen LogP contribution in [0.15, 0.2) is 30.3 Å². The molecule has 32 heavy (non-hydrogen) atoms. The summed E-state index contributed by atoms with van der Waals surface area (Å²) in [5.74, 6) is 0.223. The molecule has 0 saturated carbocycles. The second kappa shape index (κ2) is 9.04. The summed E-state index contributed by atoms with van der Waals surface area (Å²) in [6, 6.07) is 8.99. The second-order valence-electron chi connectivity index (χ2n) is 8.31. The Morgan fingerprint density at radius 3 is 1.97 bits per heavy atom. The van der Waals surface area contributed by atoms with Gasteiger partial charge < -0.3 is 9.80 Å². The number of carbonyl (C=O) groups excluding carboxylic acids is 2. The van der Waals surface area contributed by atoms with Crippen LogP contribution in [0.25, 0.3) is 0 Å². The Morgan fingerprint density at radius 2 is 1.44 bits per heavy atom. The number of alkyl halides is 6. The van der Waals surface area contributed by atoms with E-state index in [-0.39, 0.29) is 19.0 Å². The number of amides is 2. The van der Waals surface area contributed by atoms with Gasteiger partial charge in [-0.15, -0.1) is 0 Å². The van der Waals surface area contributed by atoms with Gasteiger partial charge in [0.05, 0.1) is 0 Å². The van der Waals surface area contributed by atoms with Crippen LogP contribution in [0, 0.1) is 23.2 Å². The number of halogens is 6. The number of nitrogens with zero attached hydrogens (tertiary/aromatic N) is 2. The molecule has 0 unspecified atom stereocenters. The van der Waals surface area contributed by atoms with Crippen molar-refractivity contribution < 1.29 is 35.9 Å². The Bertz CT molecular complexity index is 879. The quantitative estimate of drug-likeness (QED) is 0.495. The zero-order chi connectivity index (χ0) is 23.6. The van der Waals surface area contributed by atoms with Gasteiger partial charge in [-0.3, -0.25) is 9.59 Å². The fraction of sp³-hybridized carbons (Fsp3) is 0.545. The maximum atomic E-state index is 12.8. The minimum atomic E-state index is -5.53. The van der Waals surface area contributed by atoms with Crippen LogP contribution in [0.1, 0.15) is 31.2 Å². The van der Waals surface area contributed by atoms with Gasteiger partial charge in [0.2, 0.25) is 5.91 Å². The van der Waals surface area contributed by atoms with Crippen LogP contribution in [-0.2, 0) is 9.59 Å². The molecule has 2 aliphatic rings. The van der Waals surface area contributed by atoms with Crippen LogP contribution in [0.5, 0.6) is 0 Å². The lowest BCUT2D eigenvalue weighted by Gasteiger charge is -2.38. The van der Waals surface area contributed by atoms with Crippen LogP contribution in [0.3, 0.4) is 0 Å². The largest absolute Gasteiger partial charge is 0.400 e. The predicted octanol–water partition coefficient (Wildman–Crippen LogP) is 4.01. The van der Waals surface area contributed by atoms with Gasteiger partial charge in [-0.1, -0.05) is 24.1 Å². The highest BCUT2D eigenvalue weighted by Gasteiger charge is 2.58. The molecule has 1 aromatic rings. The fourth-order valence-electron chi connectivity index (χ4n) is 4.19. The first-order valence-electron chi connectivity index (χ1n) is 10.2. The molecule has 2 fully saturated rings. The first-order chi connectivity index (χ1) is 14.9. The van der Waals surface area contributed by atoms with Crippen LogP contribution in [-0.4, -0.2) is 60.1 Å². The van der Waals surface area contributed by atoms with Crippen molar-refractivity contribution in [1.82, 2.24) is 9.80 Å². The van der Waals surface area contributed by atoms with E-state index < -0.39 is 36.0 Å². The molecule has 0 aromatic heterocycles. The average molecular weight is 460 g/mol. The van der Waals surface area contributed by atoms with Gasteiger partial charge in [-0.2, -0.15) is 26.3 Å². The molecule has 10 heteroatoms. The molecule has 2 heterocycles. The van der Waals surface area contributed by atoms with Gasteiger partial charge in [-0.05, 0) is 36.8 Å². The van der Waals surface area contributed by atoms with Gasteiger partial charge in [0, 0.05) is 44.1 Å². The summed E-state index contributed by atoms with van der Waals surface area (Å²) in [5.41, 5.74) is 0.306. The third-order valence-electron chi connectivity index (χ3n) is 6.16. The van der Waals surface area contributed by atoms with Gasteiger partial charge in [0.25, 0.3) is 5.91 Å². The SMILES string of the molecule is O=C(C#Cc1ccccc1)N1CCC2(CC1)CCN(C(=O)CC(C(F)(F)F)C(F)(F)F)C2. The fourth-order valence-corrected chi connectivity index (χ4v) is 4.19. The van der Waals surface area contributed by atoms with Crippen LogP contribution in [0.4, 0.5) is 26.3 Å². The summed E-state index contributed by atoms with van der Waals surface area (Å²) in [7, 11) is 0. The number of piperidine rings is 1. The normalized spacial score (nSPS) is 18.6. The van der Waals surface area contributed by atoms with E-state index in [0.29, 0.717) is 37.9 Å². The van der Waals surface area contributed by atoms with Crippen molar-refractivity contribution in [2.24, 2.45) is 11.3 Å². The lowest BCUT2D eigenvalue weighted by Crippen LogP contribution is -2.45. The van der Waals surface area contributed by atoms with Gasteiger partial charge in [0.1, 0.15) is 0 Å². The van der Waals surface area contributed by atoms with Gasteiger partial charge in [-0.25, -0.2) is 0 Å². The molecule has 3 rings (SSSR count). The number of hydrogen-bond donors (Lipinski definition) is 0. The van der Waals surface area contributed by atoms with Crippen molar-refractivity contribution in [3.8, 4) is 11.8 Å². The highest BCUT2D eigenvalue weighted by Crippen LogP contribution is 2.44. The van der Waals surface area contributed by atoms with Crippen LogP contribution >= 0.6 is 0 Å². The van der Waals surface area contributed by atoms with E-state index in [4.69, 9.17) is 0 Å². The first kappa shape index (κ1) is 24.0. The summed E-state index contributed by atoms with van der Waals surface area (Å²) >= 11 is 0. The minimum absolute atomic E-state index is 0.103. The monoisotopic (exact) mass is 460 g/mol. The number of likely N-dealkylation sites (tertiary alicyclic amines) is 2. The molecule has 0 atom stereocenters. The minimum Gasteiger partial charge on any atom is -0.342 e. The lowest BCUT2D eigenvalue weighted by molar-refractivity contribution is -0.284. The molecule has 0 aliphatic carbocycles. The molecule has 0 radical (unpaired) electrons. The summed E-state index contributed by atoms with van der Waals surface area (Å²) in [4.78, 5) is 27.2. The molecule has 0 N–H and O–H groups in total. The summed E-state index contributed by atoms with van der Waals surface area (Å²) < 4.78 is 76.6. The predicted molar refractivity (Wildman–Crippen MR) is 103 cm³/mol. The highest BCUT2D eigenvalue weighted by molar-refractivity contribution is 5.94. The van der Waals surface area contributed by atoms with Crippen molar-refractivity contribution in [2.75, 3.05) is 26.2 Å². The van der Waals surface area contributed by atoms with Crippen molar-refractivity contribution in [3.05, 3.63) is 35.9 Å². The molecule has 1 spiro atoms. The standard InChI is InChI=1S/C22H22F6N2O2/c23-21(24,25)17(22(26,27)28)14-19(32)30-13-10-20(15-30)8-11-29(12-9-20)18(31)7-6-16-4-2-1-3-5-16/h1-5,17H,8-15H2. The van der Waals surface area contributed by atoms with Gasteiger partial charge in [0.15, 0.2) is 5.92 Å². The molecule has 2 saturated heterocycles. The van der Waals surface area contributed by atoms with E-state index in [2.05, 4.69) is 11.8 Å². The Kier molecular flexibility index (Phi) is 6.77. The summed E-state index contributed by atoms with van der Waals surface area (Å²) in [6.45, 7) is 0.963. The Balaban J connectivity index is 1.55. The van der Waals surface area contributed by atoms with E-state index in [0.717, 1.165) is 4.90 Å². The molecule has 0 bridgehead atoms. The number of hydrogen-bond acceptors (Lipinski definition) is 2. The average Bonchev–Trinajstić information content (AvgIpc) is 3.13. The van der Waals surface area contributed by atoms with Crippen LogP contribution < -0.4 is 0 Å². The Labute approximate surface area is 181 Å². The maximum Gasteiger partial charge on any atom is 0.400 e. The molecule has 1 aromatic carbocycles. The zero-order valence-corrected chi connectivity index (χ0v) is 17.1. The topological polar surface area (TPSA) is 40.6 Å². The number of carbonyl (C=O) groups is 2. The summed E-state index contributed by atoms with van der Waals surface area (Å²) in [6.07, 6.45) is -11.2. The van der Waals surface area contributed by atoms with E-state index in [1.54, 1.807) is 29.2 Å². The maximum absolute atomic E-state index is 12.8. The first-order valence-corrected chi connectivity index (χ1v) is 10.2. The molecular formula is C22H22F6N2O2.